The first-order chi connectivity index (χ1) is 41.2. The molecule has 0 fully saturated rings. The zero-order chi connectivity index (χ0) is 57.2. The minimum Gasteiger partial charge on any atom is -0.309 e. The first-order valence-electron chi connectivity index (χ1n) is 29.2. The van der Waals surface area contributed by atoms with Gasteiger partial charge in [-0.05, 0) is 148 Å². The number of hydrogen-bond donors (Lipinski definition) is 0. The van der Waals surface area contributed by atoms with E-state index >= 15 is 0 Å². The number of anilines is 5. The first kappa shape index (κ1) is 53.3. The third kappa shape index (κ3) is 10.0. The molecule has 3 heteroatoms. The Morgan fingerprint density at radius 3 is 1.18 bits per heavy atom. The second kappa shape index (κ2) is 23.1. The third-order valence-corrected chi connectivity index (χ3v) is 21.6. The molecule has 13 aromatic carbocycles. The minimum absolute atomic E-state index is 1.11. The molecule has 0 radical (unpaired) electrons. The Morgan fingerprint density at radius 2 is 0.702 bits per heavy atom. The average Bonchev–Trinajstić information content (AvgIpc) is 1.92. The van der Waals surface area contributed by atoms with Gasteiger partial charge in [0.15, 0.2) is 8.07 Å². The van der Waals surface area contributed by atoms with Crippen LogP contribution in [0.1, 0.15) is 38.9 Å². The summed E-state index contributed by atoms with van der Waals surface area (Å²) in [5, 5.41) is 12.4. The van der Waals surface area contributed by atoms with Crippen molar-refractivity contribution in [2.45, 2.75) is 34.6 Å². The van der Waals surface area contributed by atoms with Gasteiger partial charge in [0.1, 0.15) is 0 Å². The molecule has 0 amide bonds. The van der Waals surface area contributed by atoms with Crippen LogP contribution in [0.15, 0.2) is 303 Å². The van der Waals surface area contributed by atoms with E-state index in [0.29, 0.717) is 0 Å². The maximum Gasteiger partial charge on any atom is 0.179 e. The van der Waals surface area contributed by atoms with E-state index in [-0.39, 0.29) is 0 Å². The molecule has 0 aliphatic carbocycles. The Balaban J connectivity index is 0.980. The second-order valence-electron chi connectivity index (χ2n) is 22.4. The molecule has 0 heterocycles. The molecule has 0 saturated carbocycles. The van der Waals surface area contributed by atoms with Crippen LogP contribution in [-0.2, 0) is 0 Å². The SMILES string of the molecule is Cc1ccc(N(/C(c2ccccc2C)=c2\cccc\c2=C/c2ccc([Si](c3ccccc3)(c3ccccc3)c3ccc(-c4c5ccccc5c(N(c5ccc(C)cc5)c5ccc(C)cc5)c5ccccc45)cc3)cc2)c2ccc(C)cc2)cc1. The van der Waals surface area contributed by atoms with Gasteiger partial charge in [0, 0.05) is 44.3 Å². The topological polar surface area (TPSA) is 6.48 Å². The van der Waals surface area contributed by atoms with E-state index in [1.165, 1.54) is 92.5 Å². The van der Waals surface area contributed by atoms with Crippen molar-refractivity contribution in [3.8, 4) is 11.1 Å². The van der Waals surface area contributed by atoms with Crippen LogP contribution in [0.2, 0.25) is 0 Å². The molecule has 13 aromatic rings. The Bertz CT molecular complexity index is 4410. The van der Waals surface area contributed by atoms with Gasteiger partial charge >= 0.3 is 0 Å². The van der Waals surface area contributed by atoms with Gasteiger partial charge in [-0.1, -0.05) is 277 Å². The summed E-state index contributed by atoms with van der Waals surface area (Å²) < 4.78 is 0. The normalized spacial score (nSPS) is 12.1. The fourth-order valence-electron chi connectivity index (χ4n) is 12.6. The van der Waals surface area contributed by atoms with Gasteiger partial charge in [0.2, 0.25) is 0 Å². The molecule has 13 rings (SSSR count). The summed E-state index contributed by atoms with van der Waals surface area (Å²) in [5.41, 5.74) is 17.7. The van der Waals surface area contributed by atoms with Crippen LogP contribution in [-0.4, -0.2) is 8.07 Å². The lowest BCUT2D eigenvalue weighted by atomic mass is 9.90. The molecule has 84 heavy (non-hydrogen) atoms. The highest BCUT2D eigenvalue weighted by molar-refractivity contribution is 7.19. The van der Waals surface area contributed by atoms with Crippen LogP contribution in [0, 0.1) is 34.6 Å². The summed E-state index contributed by atoms with van der Waals surface area (Å²) in [5.74, 6) is 0. The van der Waals surface area contributed by atoms with Crippen molar-refractivity contribution in [1.82, 2.24) is 0 Å². The van der Waals surface area contributed by atoms with E-state index in [1.807, 2.05) is 0 Å². The lowest BCUT2D eigenvalue weighted by molar-refractivity contribution is 1.24. The molecular weight excluding hydrogens is 1030 g/mol. The number of hydrogen-bond acceptors (Lipinski definition) is 2. The number of benzene rings is 13. The van der Waals surface area contributed by atoms with E-state index in [9.17, 15) is 0 Å². The highest BCUT2D eigenvalue weighted by Gasteiger charge is 2.41. The van der Waals surface area contributed by atoms with Crippen molar-refractivity contribution in [3.63, 3.8) is 0 Å². The lowest BCUT2D eigenvalue weighted by Crippen LogP contribution is -2.74. The van der Waals surface area contributed by atoms with Gasteiger partial charge in [0.05, 0.1) is 11.4 Å². The van der Waals surface area contributed by atoms with Gasteiger partial charge in [-0.25, -0.2) is 0 Å². The third-order valence-electron chi connectivity index (χ3n) is 16.8. The Hall–Kier alpha value is -10.1. The smallest absolute Gasteiger partial charge is 0.179 e. The van der Waals surface area contributed by atoms with E-state index in [1.54, 1.807) is 0 Å². The Morgan fingerprint density at radius 1 is 0.321 bits per heavy atom. The van der Waals surface area contributed by atoms with Crippen molar-refractivity contribution in [3.05, 3.63) is 353 Å². The maximum absolute atomic E-state index is 2.96. The number of nitrogens with zero attached hydrogens (tertiary/aromatic N) is 2. The summed E-state index contributed by atoms with van der Waals surface area (Å²) in [6, 6.07) is 113. The van der Waals surface area contributed by atoms with Gasteiger partial charge in [-0.3, -0.25) is 0 Å². The van der Waals surface area contributed by atoms with Crippen LogP contribution >= 0.6 is 0 Å². The second-order valence-corrected chi connectivity index (χ2v) is 26.2. The van der Waals surface area contributed by atoms with E-state index in [0.717, 1.165) is 44.4 Å². The van der Waals surface area contributed by atoms with Gasteiger partial charge in [-0.15, -0.1) is 0 Å². The summed E-state index contributed by atoms with van der Waals surface area (Å²) in [4.78, 5) is 4.89. The molecule has 404 valence electrons. The predicted octanol–water partition coefficient (Wildman–Crippen LogP) is 16.9. The largest absolute Gasteiger partial charge is 0.309 e. The zero-order valence-electron chi connectivity index (χ0n) is 48.3. The first-order valence-corrected chi connectivity index (χ1v) is 31.2. The number of aryl methyl sites for hydroxylation is 5. The van der Waals surface area contributed by atoms with Crippen molar-refractivity contribution in [2.24, 2.45) is 0 Å². The number of fused-ring (bicyclic) bond motifs is 2. The molecule has 0 aliphatic heterocycles. The molecule has 0 bridgehead atoms. The van der Waals surface area contributed by atoms with Crippen molar-refractivity contribution < 1.29 is 0 Å². The molecule has 0 spiro atoms. The highest BCUT2D eigenvalue weighted by Crippen LogP contribution is 2.48. The Kier molecular flexibility index (Phi) is 14.6. The summed E-state index contributed by atoms with van der Waals surface area (Å²) >= 11 is 0. The van der Waals surface area contributed by atoms with Crippen LogP contribution in [0.4, 0.5) is 28.4 Å². The lowest BCUT2D eigenvalue weighted by Gasteiger charge is -2.34. The van der Waals surface area contributed by atoms with Crippen LogP contribution < -0.4 is 41.0 Å². The van der Waals surface area contributed by atoms with E-state index < -0.39 is 8.07 Å². The summed E-state index contributed by atoms with van der Waals surface area (Å²) in [6.45, 7) is 10.8. The average molecular weight is 1100 g/mol. The molecule has 0 aliphatic rings. The minimum atomic E-state index is -2.96. The quantitative estimate of drug-likeness (QED) is 0.0645. The van der Waals surface area contributed by atoms with Gasteiger partial charge < -0.3 is 9.80 Å². The Labute approximate surface area is 495 Å². The van der Waals surface area contributed by atoms with Crippen molar-refractivity contribution in [1.29, 1.82) is 0 Å². The van der Waals surface area contributed by atoms with Gasteiger partial charge in [-0.2, -0.15) is 0 Å². The molecule has 0 atom stereocenters. The van der Waals surface area contributed by atoms with Gasteiger partial charge in [0.25, 0.3) is 0 Å². The fraction of sp³-hybridized carbons (Fsp3) is 0.0617. The van der Waals surface area contributed by atoms with Crippen LogP contribution in [0.25, 0.3) is 44.4 Å². The molecule has 2 nitrogen and oxygen atoms in total. The summed E-state index contributed by atoms with van der Waals surface area (Å²) in [7, 11) is -2.96. The van der Waals surface area contributed by atoms with Crippen molar-refractivity contribution >= 4 is 90.6 Å². The molecule has 0 unspecified atom stereocenters. The van der Waals surface area contributed by atoms with Crippen LogP contribution in [0.3, 0.4) is 0 Å². The van der Waals surface area contributed by atoms with E-state index in [4.69, 9.17) is 0 Å². The summed E-state index contributed by atoms with van der Waals surface area (Å²) in [6.07, 6.45) is 2.36. The van der Waals surface area contributed by atoms with E-state index in [2.05, 4.69) is 354 Å². The standard InChI is InChI=1S/C81H66N2Si/c1-57-32-44-65(45-33-57)82(66-46-34-58(2)35-47-66)80(73-26-14-12-20-61(73)5)74-27-15-13-21-64(74)56-62-40-52-71(53-41-62)84(69-22-8-6-9-23-69,70-24-10-7-11-25-70)72-54-42-63(43-55-72)79-75-28-16-18-30-77(75)81(78-31-19-17-29-76(78)79)83(67-48-36-59(3)37-49-67)68-50-38-60(4)39-51-68/h6-56H,1-5H3/b64-56+,80-74+. The molecule has 0 N–H and O–H groups in total. The molecule has 0 aromatic heterocycles. The predicted molar refractivity (Wildman–Crippen MR) is 362 cm³/mol. The molecule has 0 saturated heterocycles. The number of rotatable bonds is 13. The molecular formula is C81H66N2Si. The maximum atomic E-state index is 2.45. The monoisotopic (exact) mass is 1090 g/mol. The van der Waals surface area contributed by atoms with Crippen LogP contribution in [0.5, 0.6) is 0 Å². The van der Waals surface area contributed by atoms with Crippen molar-refractivity contribution in [2.75, 3.05) is 9.80 Å². The highest BCUT2D eigenvalue weighted by atomic mass is 28.3. The zero-order valence-corrected chi connectivity index (χ0v) is 49.3. The fourth-order valence-corrected chi connectivity index (χ4v) is 17.3.